The molecule has 2 aromatic carbocycles. The molecule has 2 aromatic rings. The predicted octanol–water partition coefficient (Wildman–Crippen LogP) is 3.57. The van der Waals surface area contributed by atoms with Gasteiger partial charge in [-0.05, 0) is 12.1 Å². The maximum atomic E-state index is 14.0. The molecule has 0 N–H and O–H groups in total. The summed E-state index contributed by atoms with van der Waals surface area (Å²) in [6.07, 6.45) is 0. The van der Waals surface area contributed by atoms with E-state index < -0.39 is 22.2 Å². The van der Waals surface area contributed by atoms with Crippen LogP contribution in [0.2, 0.25) is 0 Å². The number of non-ortho nitro benzene ring substituents is 1. The van der Waals surface area contributed by atoms with Gasteiger partial charge < -0.3 is 0 Å². The zero-order valence-electron chi connectivity index (χ0n) is 10.1. The first-order chi connectivity index (χ1) is 9.43. The van der Waals surface area contributed by atoms with Gasteiger partial charge in [0.25, 0.3) is 5.69 Å². The van der Waals surface area contributed by atoms with Crippen LogP contribution in [0.5, 0.6) is 0 Å². The van der Waals surface area contributed by atoms with E-state index in [1.807, 2.05) is 0 Å². The number of halogens is 2. The molecule has 0 spiro atoms. The third-order valence-electron chi connectivity index (χ3n) is 2.76. The van der Waals surface area contributed by atoms with Crippen molar-refractivity contribution in [3.05, 3.63) is 75.8 Å². The highest BCUT2D eigenvalue weighted by Crippen LogP contribution is 2.32. The molecule has 0 bridgehead atoms. The van der Waals surface area contributed by atoms with Gasteiger partial charge in [0.05, 0.1) is 4.92 Å². The molecular weight excluding hydrogens is 268 g/mol. The normalized spacial score (nSPS) is 11.1. The summed E-state index contributed by atoms with van der Waals surface area (Å²) in [7, 11) is 0. The standard InChI is InChI=1S/C14H9F2NO3/c15-14(16,13(18)10-4-2-1-3-5-10)11-6-8-12(9-7-11)17(19)20/h1-9H. The second kappa shape index (κ2) is 5.16. The molecule has 0 radical (unpaired) electrons. The van der Waals surface area contributed by atoms with E-state index >= 15 is 0 Å². The molecule has 6 heteroatoms. The zero-order chi connectivity index (χ0) is 14.8. The minimum atomic E-state index is -3.73. The molecule has 0 atom stereocenters. The summed E-state index contributed by atoms with van der Waals surface area (Å²) in [6, 6.07) is 10.8. The van der Waals surface area contributed by atoms with Gasteiger partial charge in [0.2, 0.25) is 5.78 Å². The molecule has 20 heavy (non-hydrogen) atoms. The van der Waals surface area contributed by atoms with E-state index in [1.165, 1.54) is 24.3 Å². The molecule has 0 aliphatic rings. The average molecular weight is 277 g/mol. The second-order valence-electron chi connectivity index (χ2n) is 4.07. The third kappa shape index (κ3) is 2.54. The Morgan fingerprint density at radius 2 is 1.55 bits per heavy atom. The topological polar surface area (TPSA) is 60.2 Å². The molecule has 0 unspecified atom stereocenters. The van der Waals surface area contributed by atoms with Crippen molar-refractivity contribution in [2.24, 2.45) is 0 Å². The molecule has 102 valence electrons. The Kier molecular flexibility index (Phi) is 3.56. The lowest BCUT2D eigenvalue weighted by Crippen LogP contribution is -2.26. The largest absolute Gasteiger partial charge is 0.334 e. The van der Waals surface area contributed by atoms with Crippen LogP contribution in [-0.4, -0.2) is 10.7 Å². The number of benzene rings is 2. The first kappa shape index (κ1) is 13.8. The number of nitro groups is 1. The third-order valence-corrected chi connectivity index (χ3v) is 2.76. The fraction of sp³-hybridized carbons (Fsp3) is 0.0714. The number of rotatable bonds is 4. The number of Topliss-reactive ketones (excluding diaryl/α,β-unsaturated/α-hetero) is 1. The van der Waals surface area contributed by atoms with Gasteiger partial charge in [0.1, 0.15) is 0 Å². The van der Waals surface area contributed by atoms with E-state index in [-0.39, 0.29) is 11.3 Å². The Labute approximate surface area is 112 Å². The lowest BCUT2D eigenvalue weighted by Gasteiger charge is -2.15. The number of carbonyl (C=O) groups is 1. The van der Waals surface area contributed by atoms with Crippen molar-refractivity contribution in [2.75, 3.05) is 0 Å². The van der Waals surface area contributed by atoms with Crippen LogP contribution in [0.25, 0.3) is 0 Å². The van der Waals surface area contributed by atoms with Crippen molar-refractivity contribution in [3.63, 3.8) is 0 Å². The Hall–Kier alpha value is -2.63. The van der Waals surface area contributed by atoms with Crippen LogP contribution in [0.15, 0.2) is 54.6 Å². The van der Waals surface area contributed by atoms with Gasteiger partial charge in [-0.3, -0.25) is 14.9 Å². The predicted molar refractivity (Wildman–Crippen MR) is 67.8 cm³/mol. The van der Waals surface area contributed by atoms with Gasteiger partial charge >= 0.3 is 5.92 Å². The SMILES string of the molecule is O=C(c1ccccc1)C(F)(F)c1ccc([N+](=O)[O-])cc1. The number of hydrogen-bond acceptors (Lipinski definition) is 3. The highest BCUT2D eigenvalue weighted by atomic mass is 19.3. The van der Waals surface area contributed by atoms with Gasteiger partial charge in [0, 0.05) is 23.3 Å². The molecule has 0 saturated carbocycles. The molecule has 0 aliphatic heterocycles. The first-order valence-corrected chi connectivity index (χ1v) is 5.65. The summed E-state index contributed by atoms with van der Waals surface area (Å²) in [5.41, 5.74) is -0.996. The van der Waals surface area contributed by atoms with Gasteiger partial charge in [0.15, 0.2) is 0 Å². The average Bonchev–Trinajstić information content (AvgIpc) is 2.47. The maximum absolute atomic E-state index is 14.0. The van der Waals surface area contributed by atoms with Crippen molar-refractivity contribution in [1.29, 1.82) is 0 Å². The van der Waals surface area contributed by atoms with Gasteiger partial charge in [-0.25, -0.2) is 0 Å². The molecular formula is C14H9F2NO3. The number of nitrogens with zero attached hydrogens (tertiary/aromatic N) is 1. The van der Waals surface area contributed by atoms with E-state index in [0.717, 1.165) is 24.3 Å². The smallest absolute Gasteiger partial charge is 0.287 e. The Bertz CT molecular complexity index is 639. The molecule has 4 nitrogen and oxygen atoms in total. The molecule has 0 heterocycles. The highest BCUT2D eigenvalue weighted by molar-refractivity contribution is 6.01. The van der Waals surface area contributed by atoms with Crippen molar-refractivity contribution >= 4 is 11.5 Å². The lowest BCUT2D eigenvalue weighted by atomic mass is 9.99. The van der Waals surface area contributed by atoms with Crippen molar-refractivity contribution < 1.29 is 18.5 Å². The Morgan fingerprint density at radius 3 is 2.05 bits per heavy atom. The molecule has 0 aliphatic carbocycles. The number of carbonyl (C=O) groups excluding carboxylic acids is 1. The number of nitro benzene ring substituents is 1. The van der Waals surface area contributed by atoms with E-state index in [2.05, 4.69) is 0 Å². The van der Waals surface area contributed by atoms with Crippen LogP contribution >= 0.6 is 0 Å². The van der Waals surface area contributed by atoms with Crippen LogP contribution in [0.1, 0.15) is 15.9 Å². The first-order valence-electron chi connectivity index (χ1n) is 5.65. The Morgan fingerprint density at radius 1 is 1.00 bits per heavy atom. The van der Waals surface area contributed by atoms with Crippen LogP contribution in [0.4, 0.5) is 14.5 Å². The summed E-state index contributed by atoms with van der Waals surface area (Å²) in [4.78, 5) is 21.6. The van der Waals surface area contributed by atoms with E-state index in [0.29, 0.717) is 0 Å². The molecule has 2 rings (SSSR count). The lowest BCUT2D eigenvalue weighted by molar-refractivity contribution is -0.384. The van der Waals surface area contributed by atoms with Crippen molar-refractivity contribution in [2.45, 2.75) is 5.92 Å². The van der Waals surface area contributed by atoms with Crippen molar-refractivity contribution in [1.82, 2.24) is 0 Å². The number of hydrogen-bond donors (Lipinski definition) is 0. The minimum Gasteiger partial charge on any atom is -0.287 e. The van der Waals surface area contributed by atoms with Crippen LogP contribution in [0, 0.1) is 10.1 Å². The van der Waals surface area contributed by atoms with E-state index in [4.69, 9.17) is 0 Å². The summed E-state index contributed by atoms with van der Waals surface area (Å²) >= 11 is 0. The van der Waals surface area contributed by atoms with Crippen LogP contribution < -0.4 is 0 Å². The zero-order valence-corrected chi connectivity index (χ0v) is 10.1. The molecule has 0 aromatic heterocycles. The fourth-order valence-corrected chi connectivity index (χ4v) is 1.69. The summed E-state index contributed by atoms with van der Waals surface area (Å²) in [5.74, 6) is -5.07. The fourth-order valence-electron chi connectivity index (χ4n) is 1.69. The van der Waals surface area contributed by atoms with Crippen molar-refractivity contribution in [3.8, 4) is 0 Å². The summed E-state index contributed by atoms with van der Waals surface area (Å²) in [6.45, 7) is 0. The van der Waals surface area contributed by atoms with E-state index in [1.54, 1.807) is 6.07 Å². The Balaban J connectivity index is 2.34. The van der Waals surface area contributed by atoms with Gasteiger partial charge in [-0.2, -0.15) is 8.78 Å². The maximum Gasteiger partial charge on any atom is 0.334 e. The monoisotopic (exact) mass is 277 g/mol. The van der Waals surface area contributed by atoms with E-state index in [9.17, 15) is 23.7 Å². The van der Waals surface area contributed by atoms with Gasteiger partial charge in [-0.1, -0.05) is 30.3 Å². The number of ketones is 1. The summed E-state index contributed by atoms with van der Waals surface area (Å²) < 4.78 is 28.1. The van der Waals surface area contributed by atoms with Crippen LogP contribution in [-0.2, 0) is 5.92 Å². The molecule has 0 amide bonds. The summed E-state index contributed by atoms with van der Waals surface area (Å²) in [5, 5.41) is 10.5. The number of alkyl halides is 2. The quantitative estimate of drug-likeness (QED) is 0.487. The molecule has 0 saturated heterocycles. The second-order valence-corrected chi connectivity index (χ2v) is 4.07. The van der Waals surface area contributed by atoms with Crippen LogP contribution in [0.3, 0.4) is 0 Å². The van der Waals surface area contributed by atoms with Gasteiger partial charge in [-0.15, -0.1) is 0 Å². The molecule has 0 fully saturated rings. The minimum absolute atomic E-state index is 0.115. The highest BCUT2D eigenvalue weighted by Gasteiger charge is 2.41.